The fourth-order valence-electron chi connectivity index (χ4n) is 3.75. The van der Waals surface area contributed by atoms with Crippen LogP contribution in [0.25, 0.3) is 0 Å². The first-order chi connectivity index (χ1) is 12.5. The highest BCUT2D eigenvalue weighted by Crippen LogP contribution is 2.32. The van der Waals surface area contributed by atoms with Crippen molar-refractivity contribution in [2.75, 3.05) is 11.4 Å². The molecule has 2 atom stereocenters. The van der Waals surface area contributed by atoms with Crippen LogP contribution in [0.1, 0.15) is 36.6 Å². The van der Waals surface area contributed by atoms with Crippen molar-refractivity contribution in [3.05, 3.63) is 53.5 Å². The van der Waals surface area contributed by atoms with E-state index >= 15 is 0 Å². The number of benzene rings is 1. The Hall–Kier alpha value is -2.70. The molecule has 2 heterocycles. The SMILES string of the molecule is O=C(N[C@H]1CCCc2occc21)[C@H]1CC(=O)N(c2cc(F)cc(F)c2)C1. The van der Waals surface area contributed by atoms with Gasteiger partial charge >= 0.3 is 0 Å². The highest BCUT2D eigenvalue weighted by atomic mass is 19.1. The normalized spacial score (nSPS) is 22.4. The summed E-state index contributed by atoms with van der Waals surface area (Å²) in [5.41, 5.74) is 1.12. The van der Waals surface area contributed by atoms with Gasteiger partial charge in [-0.3, -0.25) is 9.59 Å². The molecule has 0 radical (unpaired) electrons. The topological polar surface area (TPSA) is 62.6 Å². The lowest BCUT2D eigenvalue weighted by Gasteiger charge is -2.24. The summed E-state index contributed by atoms with van der Waals surface area (Å²) >= 11 is 0. The van der Waals surface area contributed by atoms with E-state index in [1.165, 1.54) is 4.90 Å². The molecule has 26 heavy (non-hydrogen) atoms. The number of aryl methyl sites for hydroxylation is 1. The standard InChI is InChI=1S/C19H18F2N2O3/c20-12-7-13(21)9-14(8-12)23-10-11(6-18(23)24)19(25)22-16-2-1-3-17-15(16)4-5-26-17/h4-5,7-9,11,16H,1-3,6,10H2,(H,22,25)/t11-,16-/m0/s1. The van der Waals surface area contributed by atoms with E-state index in [1.54, 1.807) is 6.26 Å². The van der Waals surface area contributed by atoms with Gasteiger partial charge in [0, 0.05) is 36.7 Å². The van der Waals surface area contributed by atoms with Crippen LogP contribution in [0.5, 0.6) is 0 Å². The van der Waals surface area contributed by atoms with Crippen molar-refractivity contribution in [2.24, 2.45) is 5.92 Å². The Bertz CT molecular complexity index is 844. The van der Waals surface area contributed by atoms with Gasteiger partial charge in [0.05, 0.1) is 18.2 Å². The van der Waals surface area contributed by atoms with Crippen molar-refractivity contribution >= 4 is 17.5 Å². The molecule has 2 aromatic rings. The zero-order chi connectivity index (χ0) is 18.3. The Balaban J connectivity index is 1.46. The number of furan rings is 1. The lowest BCUT2D eigenvalue weighted by molar-refractivity contribution is -0.127. The molecule has 2 aliphatic rings. The quantitative estimate of drug-likeness (QED) is 0.915. The van der Waals surface area contributed by atoms with Gasteiger partial charge in [-0.05, 0) is 31.0 Å². The van der Waals surface area contributed by atoms with E-state index < -0.39 is 17.6 Å². The minimum absolute atomic E-state index is 0.0227. The van der Waals surface area contributed by atoms with Crippen LogP contribution in [0.15, 0.2) is 34.9 Å². The summed E-state index contributed by atoms with van der Waals surface area (Å²) in [6.45, 7) is 0.110. The molecule has 0 bridgehead atoms. The Labute approximate surface area is 149 Å². The van der Waals surface area contributed by atoms with Crippen molar-refractivity contribution in [1.82, 2.24) is 5.32 Å². The molecule has 7 heteroatoms. The third-order valence-electron chi connectivity index (χ3n) is 5.02. The number of nitrogens with one attached hydrogen (secondary N) is 1. The van der Waals surface area contributed by atoms with Crippen LogP contribution in [0.4, 0.5) is 14.5 Å². The minimum Gasteiger partial charge on any atom is -0.469 e. The van der Waals surface area contributed by atoms with Gasteiger partial charge in [-0.15, -0.1) is 0 Å². The number of nitrogens with zero attached hydrogens (tertiary/aromatic N) is 1. The number of hydrogen-bond donors (Lipinski definition) is 1. The summed E-state index contributed by atoms with van der Waals surface area (Å²) in [7, 11) is 0. The molecular formula is C19H18F2N2O3. The van der Waals surface area contributed by atoms with Crippen LogP contribution in [0.2, 0.25) is 0 Å². The molecule has 5 nitrogen and oxygen atoms in total. The number of hydrogen-bond acceptors (Lipinski definition) is 3. The number of anilines is 1. The van der Waals surface area contributed by atoms with E-state index in [0.29, 0.717) is 0 Å². The van der Waals surface area contributed by atoms with Crippen molar-refractivity contribution < 1.29 is 22.8 Å². The number of amides is 2. The minimum atomic E-state index is -0.754. The van der Waals surface area contributed by atoms with Crippen LogP contribution in [-0.4, -0.2) is 18.4 Å². The summed E-state index contributed by atoms with van der Waals surface area (Å²) in [6.07, 6.45) is 4.24. The van der Waals surface area contributed by atoms with Gasteiger partial charge in [-0.25, -0.2) is 8.78 Å². The first kappa shape index (κ1) is 16.8. The predicted octanol–water partition coefficient (Wildman–Crippen LogP) is 3.10. The number of fused-ring (bicyclic) bond motifs is 1. The van der Waals surface area contributed by atoms with Crippen molar-refractivity contribution in [3.8, 4) is 0 Å². The second-order valence-electron chi connectivity index (χ2n) is 6.79. The lowest BCUT2D eigenvalue weighted by atomic mass is 9.93. The van der Waals surface area contributed by atoms with Crippen molar-refractivity contribution in [2.45, 2.75) is 31.7 Å². The number of rotatable bonds is 3. The van der Waals surface area contributed by atoms with Gasteiger partial charge in [0.25, 0.3) is 0 Å². The molecule has 1 N–H and O–H groups in total. The molecule has 1 aromatic heterocycles. The van der Waals surface area contributed by atoms with Gasteiger partial charge in [0.2, 0.25) is 11.8 Å². The lowest BCUT2D eigenvalue weighted by Crippen LogP contribution is -2.36. The first-order valence-corrected chi connectivity index (χ1v) is 8.64. The second-order valence-corrected chi connectivity index (χ2v) is 6.79. The maximum Gasteiger partial charge on any atom is 0.227 e. The molecule has 1 aliphatic carbocycles. The van der Waals surface area contributed by atoms with Crippen LogP contribution in [-0.2, 0) is 16.0 Å². The van der Waals surface area contributed by atoms with Crippen LogP contribution < -0.4 is 10.2 Å². The summed E-state index contributed by atoms with van der Waals surface area (Å²) in [5, 5.41) is 2.99. The molecule has 0 saturated carbocycles. The van der Waals surface area contributed by atoms with Crippen LogP contribution in [0.3, 0.4) is 0 Å². The Morgan fingerprint density at radius 1 is 1.23 bits per heavy atom. The smallest absolute Gasteiger partial charge is 0.227 e. The van der Waals surface area contributed by atoms with Crippen molar-refractivity contribution in [1.29, 1.82) is 0 Å². The molecule has 0 spiro atoms. The summed E-state index contributed by atoms with van der Waals surface area (Å²) in [4.78, 5) is 26.1. The third kappa shape index (κ3) is 3.09. The fourth-order valence-corrected chi connectivity index (χ4v) is 3.75. The second kappa shape index (κ2) is 6.55. The van der Waals surface area contributed by atoms with Gasteiger partial charge in [-0.2, -0.15) is 0 Å². The molecule has 1 fully saturated rings. The van der Waals surface area contributed by atoms with Gasteiger partial charge in [0.15, 0.2) is 0 Å². The molecule has 1 saturated heterocycles. The third-order valence-corrected chi connectivity index (χ3v) is 5.02. The number of carbonyl (C=O) groups excluding carboxylic acids is 2. The molecule has 1 aromatic carbocycles. The van der Waals surface area contributed by atoms with E-state index in [1.807, 2.05) is 6.07 Å². The summed E-state index contributed by atoms with van der Waals surface area (Å²) in [6, 6.07) is 4.68. The summed E-state index contributed by atoms with van der Waals surface area (Å²) < 4.78 is 32.3. The first-order valence-electron chi connectivity index (χ1n) is 8.64. The molecule has 136 valence electrons. The molecule has 0 unspecified atom stereocenters. The number of carbonyl (C=O) groups is 2. The molecular weight excluding hydrogens is 342 g/mol. The molecule has 2 amide bonds. The maximum absolute atomic E-state index is 13.4. The maximum atomic E-state index is 13.4. The average molecular weight is 360 g/mol. The van der Waals surface area contributed by atoms with Crippen LogP contribution >= 0.6 is 0 Å². The van der Waals surface area contributed by atoms with E-state index in [4.69, 9.17) is 4.42 Å². The Morgan fingerprint density at radius 3 is 2.77 bits per heavy atom. The highest BCUT2D eigenvalue weighted by molar-refractivity contribution is 6.00. The number of halogens is 2. The zero-order valence-electron chi connectivity index (χ0n) is 14.0. The Morgan fingerprint density at radius 2 is 2.00 bits per heavy atom. The van der Waals surface area contributed by atoms with Gasteiger partial charge in [-0.1, -0.05) is 0 Å². The fraction of sp³-hybridized carbons (Fsp3) is 0.368. The highest BCUT2D eigenvalue weighted by Gasteiger charge is 2.37. The van der Waals surface area contributed by atoms with E-state index in [0.717, 1.165) is 48.8 Å². The predicted molar refractivity (Wildman–Crippen MR) is 89.3 cm³/mol. The van der Waals surface area contributed by atoms with Gasteiger partial charge < -0.3 is 14.6 Å². The zero-order valence-corrected chi connectivity index (χ0v) is 14.0. The van der Waals surface area contributed by atoms with E-state index in [2.05, 4.69) is 5.32 Å². The van der Waals surface area contributed by atoms with E-state index in [-0.39, 0.29) is 36.5 Å². The Kier molecular flexibility index (Phi) is 4.22. The molecule has 1 aliphatic heterocycles. The van der Waals surface area contributed by atoms with Gasteiger partial charge in [0.1, 0.15) is 17.4 Å². The van der Waals surface area contributed by atoms with E-state index in [9.17, 15) is 18.4 Å². The van der Waals surface area contributed by atoms with Crippen molar-refractivity contribution in [3.63, 3.8) is 0 Å². The largest absolute Gasteiger partial charge is 0.469 e. The summed E-state index contributed by atoms with van der Waals surface area (Å²) in [5.74, 6) is -1.71. The monoisotopic (exact) mass is 360 g/mol. The average Bonchev–Trinajstić information content (AvgIpc) is 3.21. The molecule has 4 rings (SSSR count). The van der Waals surface area contributed by atoms with Crippen LogP contribution in [0, 0.1) is 17.6 Å².